The third-order valence-electron chi connectivity index (χ3n) is 12.5. The fourth-order valence-corrected chi connectivity index (χ4v) is 8.17. The Hall–Kier alpha value is -1.24. The lowest BCUT2D eigenvalue weighted by Crippen LogP contribution is -2.63. The van der Waals surface area contributed by atoms with Gasteiger partial charge in [0.1, 0.15) is 146 Å². The molecule has 19 N–H and O–H groups in total. The minimum absolute atomic E-state index is 0.606. The van der Waals surface area contributed by atoms with Gasteiger partial charge < -0.3 is 154 Å². The SMILES string of the molecule is CO[C@H]1O[C@H](CO[C@@H]2O[C@H](CO[C@@H]3O[C@H](CO[C@@H]4O[C@H](CO[C@@H]5O[C@H](CO[C@@H]6O[C@H](CO)[C@@H](O)[C@H](O)[C@H]6O)[C@@H](O)[C@H](O)[C@H]5O)[C@@H](O)[C@H](O)[C@H]4O)[C@@H](O)[C@H](O)[C@H]3O)[C@@H](O)[C@H](O)[C@H]2O)[C@@H](O)[C@H](O)[C@H]1O. The van der Waals surface area contributed by atoms with Gasteiger partial charge in [-0.2, -0.15) is 0 Å². The minimum atomic E-state index is -2.00. The maximum Gasteiger partial charge on any atom is 0.186 e. The Bertz CT molecular complexity index is 1410. The van der Waals surface area contributed by atoms with Gasteiger partial charge in [0.25, 0.3) is 0 Å². The van der Waals surface area contributed by atoms with Crippen molar-refractivity contribution in [2.24, 2.45) is 0 Å². The largest absolute Gasteiger partial charge is 0.394 e. The van der Waals surface area contributed by atoms with Crippen molar-refractivity contribution in [2.45, 2.75) is 184 Å². The Balaban J connectivity index is 1.01. The van der Waals surface area contributed by atoms with Crippen LogP contribution in [-0.4, -0.2) is 328 Å². The van der Waals surface area contributed by atoms with Crippen molar-refractivity contribution >= 4 is 0 Å². The smallest absolute Gasteiger partial charge is 0.186 e. The normalized spacial score (nSPS) is 52.8. The number of ether oxygens (including phenoxy) is 12. The number of methoxy groups -OCH3 is 1. The van der Waals surface area contributed by atoms with Crippen LogP contribution >= 0.6 is 0 Å². The molecule has 0 saturated carbocycles. The molecule has 0 spiro atoms. The molecule has 0 bridgehead atoms. The zero-order valence-corrected chi connectivity index (χ0v) is 36.0. The van der Waals surface area contributed by atoms with Gasteiger partial charge in [0.2, 0.25) is 0 Å². The van der Waals surface area contributed by atoms with Crippen molar-refractivity contribution in [1.29, 1.82) is 0 Å². The van der Waals surface area contributed by atoms with Crippen LogP contribution in [0.2, 0.25) is 0 Å². The molecule has 0 aromatic rings. The lowest BCUT2D eigenvalue weighted by Gasteiger charge is -2.44. The average Bonchev–Trinajstić information content (AvgIpc) is 3.33. The molecule has 6 saturated heterocycles. The lowest BCUT2D eigenvalue weighted by atomic mass is 9.97. The van der Waals surface area contributed by atoms with Crippen LogP contribution in [0, 0.1) is 0 Å². The molecule has 31 heteroatoms. The maximum atomic E-state index is 10.7. The molecule has 6 aliphatic rings. The standard InChI is InChI=1S/C37H64O31/c1-57-32-26(51)21(46)15(40)9(64-32)3-59-34-28(53)23(48)17(42)11(66-34)5-61-36-30(55)25(50)19(44)13(68-36)7-62-37-31(56)24(49)18(43)12(67-37)6-60-35-29(54)22(47)16(41)10(65-35)4-58-33-27(52)20(45)14(39)8(2-38)63-33/h8-56H,2-7H2,1H3/t8-,9-,10-,11-,12-,13-,14-,15-,16-,17-,18-,19-,20+,21+,22+,23+,24+,25+,26-,27-,28-,29-,30-,31-,32+,33-,34-,35-,36-,37-/m1/s1. The molecule has 0 aromatic heterocycles. The highest BCUT2D eigenvalue weighted by molar-refractivity contribution is 4.96. The quantitative estimate of drug-likeness (QED) is 0.0643. The molecule has 6 rings (SSSR count). The van der Waals surface area contributed by atoms with Gasteiger partial charge in [0, 0.05) is 7.11 Å². The zero-order valence-electron chi connectivity index (χ0n) is 36.0. The Labute approximate surface area is 384 Å². The van der Waals surface area contributed by atoms with Crippen LogP contribution in [-0.2, 0) is 56.8 Å². The number of rotatable bonds is 17. The van der Waals surface area contributed by atoms with E-state index in [0.717, 1.165) is 7.11 Å². The number of hydrogen-bond acceptors (Lipinski definition) is 31. The van der Waals surface area contributed by atoms with Gasteiger partial charge in [-0.25, -0.2) is 0 Å². The van der Waals surface area contributed by atoms with Crippen LogP contribution in [0.1, 0.15) is 0 Å². The van der Waals surface area contributed by atoms with Crippen LogP contribution in [0.25, 0.3) is 0 Å². The van der Waals surface area contributed by atoms with E-state index in [9.17, 15) is 97.0 Å². The third kappa shape index (κ3) is 12.1. The lowest BCUT2D eigenvalue weighted by molar-refractivity contribution is -0.352. The molecule has 30 atom stereocenters. The second-order valence-electron chi connectivity index (χ2n) is 17.2. The van der Waals surface area contributed by atoms with Gasteiger partial charge in [0.05, 0.1) is 39.6 Å². The summed E-state index contributed by atoms with van der Waals surface area (Å²) >= 11 is 0. The van der Waals surface area contributed by atoms with E-state index < -0.39 is 224 Å². The van der Waals surface area contributed by atoms with E-state index in [0.29, 0.717) is 0 Å². The van der Waals surface area contributed by atoms with Crippen LogP contribution in [0.4, 0.5) is 0 Å². The Morgan fingerprint density at radius 2 is 0.426 bits per heavy atom. The summed E-state index contributed by atoms with van der Waals surface area (Å²) in [6.45, 7) is -4.38. The number of aliphatic hydroxyl groups is 19. The molecule has 6 aliphatic heterocycles. The van der Waals surface area contributed by atoms with Gasteiger partial charge in [0.15, 0.2) is 37.7 Å². The predicted molar refractivity (Wildman–Crippen MR) is 204 cm³/mol. The molecule has 31 nitrogen and oxygen atoms in total. The summed E-state index contributed by atoms with van der Waals surface area (Å²) in [7, 11) is 1.16. The van der Waals surface area contributed by atoms with Crippen LogP contribution in [0.5, 0.6) is 0 Å². The van der Waals surface area contributed by atoms with Gasteiger partial charge in [-0.15, -0.1) is 0 Å². The number of hydrogen-bond donors (Lipinski definition) is 19. The Morgan fingerprint density at radius 1 is 0.250 bits per heavy atom. The number of aliphatic hydroxyl groups excluding tert-OH is 19. The summed E-state index contributed by atoms with van der Waals surface area (Å²) in [5.74, 6) is 0. The van der Waals surface area contributed by atoms with Crippen molar-refractivity contribution < 1.29 is 154 Å². The van der Waals surface area contributed by atoms with Gasteiger partial charge in [-0.3, -0.25) is 0 Å². The van der Waals surface area contributed by atoms with E-state index in [1.807, 2.05) is 0 Å². The molecule has 398 valence electrons. The molecular weight excluding hydrogens is 940 g/mol. The zero-order chi connectivity index (χ0) is 50.0. The highest BCUT2D eigenvalue weighted by Crippen LogP contribution is 2.31. The Morgan fingerprint density at radius 3 is 0.632 bits per heavy atom. The van der Waals surface area contributed by atoms with E-state index in [-0.39, 0.29) is 0 Å². The average molecular weight is 1000 g/mol. The summed E-state index contributed by atoms with van der Waals surface area (Å²) in [4.78, 5) is 0. The fraction of sp³-hybridized carbons (Fsp3) is 1.00. The first-order chi connectivity index (χ1) is 32.1. The van der Waals surface area contributed by atoms with Crippen LogP contribution in [0.15, 0.2) is 0 Å². The van der Waals surface area contributed by atoms with Gasteiger partial charge in [-0.1, -0.05) is 0 Å². The van der Waals surface area contributed by atoms with E-state index in [1.54, 1.807) is 0 Å². The topological polar surface area (TPSA) is 495 Å². The molecule has 0 radical (unpaired) electrons. The molecule has 6 fully saturated rings. The summed E-state index contributed by atoms with van der Waals surface area (Å²) in [6.07, 6.45) is -52.8. The van der Waals surface area contributed by atoms with Crippen molar-refractivity contribution in [3.8, 4) is 0 Å². The third-order valence-corrected chi connectivity index (χ3v) is 12.5. The molecule has 6 heterocycles. The predicted octanol–water partition coefficient (Wildman–Crippen LogP) is -13.4. The molecule has 0 aliphatic carbocycles. The molecule has 0 aromatic carbocycles. The summed E-state index contributed by atoms with van der Waals surface area (Å²) < 4.78 is 65.3. The first kappa shape index (κ1) is 56.1. The summed E-state index contributed by atoms with van der Waals surface area (Å²) in [5, 5.41) is 198. The first-order valence-corrected chi connectivity index (χ1v) is 21.5. The highest BCUT2D eigenvalue weighted by atomic mass is 16.8. The van der Waals surface area contributed by atoms with Gasteiger partial charge in [-0.05, 0) is 0 Å². The summed E-state index contributed by atoms with van der Waals surface area (Å²) in [6, 6.07) is 0. The second kappa shape index (κ2) is 24.2. The molecule has 0 unspecified atom stereocenters. The molecule has 0 amide bonds. The van der Waals surface area contributed by atoms with Crippen molar-refractivity contribution in [3.05, 3.63) is 0 Å². The minimum Gasteiger partial charge on any atom is -0.394 e. The van der Waals surface area contributed by atoms with Gasteiger partial charge >= 0.3 is 0 Å². The fourth-order valence-electron chi connectivity index (χ4n) is 8.17. The van der Waals surface area contributed by atoms with Crippen molar-refractivity contribution in [1.82, 2.24) is 0 Å². The Kier molecular flexibility index (Phi) is 19.9. The summed E-state index contributed by atoms with van der Waals surface area (Å²) in [5.41, 5.74) is 0. The molecule has 68 heavy (non-hydrogen) atoms. The first-order valence-electron chi connectivity index (χ1n) is 21.5. The molecular formula is C37H64O31. The highest BCUT2D eigenvalue weighted by Gasteiger charge is 2.52. The van der Waals surface area contributed by atoms with Crippen molar-refractivity contribution in [2.75, 3.05) is 46.8 Å². The van der Waals surface area contributed by atoms with Crippen molar-refractivity contribution in [3.63, 3.8) is 0 Å². The van der Waals surface area contributed by atoms with E-state index >= 15 is 0 Å². The van der Waals surface area contributed by atoms with Crippen LogP contribution < -0.4 is 0 Å². The van der Waals surface area contributed by atoms with E-state index in [2.05, 4.69) is 0 Å². The maximum absolute atomic E-state index is 10.7. The second-order valence-corrected chi connectivity index (χ2v) is 17.2. The van der Waals surface area contributed by atoms with E-state index in [1.165, 1.54) is 0 Å². The van der Waals surface area contributed by atoms with Crippen LogP contribution in [0.3, 0.4) is 0 Å². The monoisotopic (exact) mass is 1000 g/mol. The van der Waals surface area contributed by atoms with E-state index in [4.69, 9.17) is 56.8 Å².